The molecule has 20 heavy (non-hydrogen) atoms. The molecule has 1 aliphatic rings. The van der Waals surface area contributed by atoms with Crippen molar-refractivity contribution in [1.29, 1.82) is 0 Å². The van der Waals surface area contributed by atoms with Crippen LogP contribution in [0, 0.1) is 0 Å². The van der Waals surface area contributed by atoms with Crippen LogP contribution in [-0.4, -0.2) is 23.7 Å². The molecule has 1 aromatic carbocycles. The van der Waals surface area contributed by atoms with Gasteiger partial charge in [-0.05, 0) is 56.6 Å². The maximum Gasteiger partial charge on any atom is 0.242 e. The van der Waals surface area contributed by atoms with E-state index < -0.39 is 17.1 Å². The van der Waals surface area contributed by atoms with Gasteiger partial charge in [0.1, 0.15) is 5.75 Å². The summed E-state index contributed by atoms with van der Waals surface area (Å²) < 4.78 is 12.3. The zero-order chi connectivity index (χ0) is 14.8. The Morgan fingerprint density at radius 3 is 2.20 bits per heavy atom. The van der Waals surface area contributed by atoms with Crippen LogP contribution in [0.5, 0.6) is 5.75 Å². The Morgan fingerprint density at radius 2 is 1.75 bits per heavy atom. The predicted molar refractivity (Wildman–Crippen MR) is 90.8 cm³/mol. The first-order valence-electron chi connectivity index (χ1n) is 7.77. The van der Waals surface area contributed by atoms with Crippen molar-refractivity contribution in [3.8, 4) is 5.75 Å². The van der Waals surface area contributed by atoms with Crippen LogP contribution in [0.25, 0.3) is 0 Å². The van der Waals surface area contributed by atoms with Crippen molar-refractivity contribution < 1.29 is 9.16 Å². The first-order valence-corrected chi connectivity index (χ1v) is 14.1. The van der Waals surface area contributed by atoms with Gasteiger partial charge in [0.05, 0.1) is 14.0 Å². The van der Waals surface area contributed by atoms with E-state index >= 15 is 0 Å². The molecule has 2 rings (SSSR count). The third-order valence-corrected chi connectivity index (χ3v) is 7.50. The molecule has 1 fully saturated rings. The molecule has 1 aromatic rings. The lowest BCUT2D eigenvalue weighted by molar-refractivity contribution is -0.0264. The Kier molecular flexibility index (Phi) is 4.77. The molecule has 1 unspecified atom stereocenters. The van der Waals surface area contributed by atoms with E-state index in [0.29, 0.717) is 0 Å². The van der Waals surface area contributed by atoms with Gasteiger partial charge < -0.3 is 9.16 Å². The molecule has 0 N–H and O–H groups in total. The highest BCUT2D eigenvalue weighted by Gasteiger charge is 2.38. The first kappa shape index (κ1) is 15.8. The highest BCUT2D eigenvalue weighted by Crippen LogP contribution is 2.38. The smallest absolute Gasteiger partial charge is 0.242 e. The summed E-state index contributed by atoms with van der Waals surface area (Å²) in [5, 5.41) is 0.0376. The predicted octanol–water partition coefficient (Wildman–Crippen LogP) is 4.32. The summed E-state index contributed by atoms with van der Waals surface area (Å²) in [6.07, 6.45) is 3.68. The van der Waals surface area contributed by atoms with Crippen molar-refractivity contribution in [2.75, 3.05) is 6.61 Å². The fourth-order valence-corrected chi connectivity index (χ4v) is 5.93. The Morgan fingerprint density at radius 1 is 1.10 bits per heavy atom. The Balaban J connectivity index is 2.23. The molecule has 1 aliphatic heterocycles. The monoisotopic (exact) mass is 308 g/mol. The van der Waals surface area contributed by atoms with E-state index in [0.717, 1.165) is 12.4 Å². The van der Waals surface area contributed by atoms with E-state index in [9.17, 15) is 0 Å². The quantitative estimate of drug-likeness (QED) is 0.771. The van der Waals surface area contributed by atoms with E-state index in [-0.39, 0.29) is 5.22 Å². The van der Waals surface area contributed by atoms with Gasteiger partial charge in [-0.25, -0.2) is 0 Å². The van der Waals surface area contributed by atoms with Crippen molar-refractivity contribution >= 4 is 17.1 Å². The lowest BCUT2D eigenvalue weighted by Crippen LogP contribution is -2.44. The van der Waals surface area contributed by atoms with Crippen molar-refractivity contribution in [2.45, 2.75) is 57.2 Å². The summed E-state index contributed by atoms with van der Waals surface area (Å²) >= 11 is 0. The second-order valence-electron chi connectivity index (χ2n) is 7.09. The van der Waals surface area contributed by atoms with Crippen LogP contribution in [0.15, 0.2) is 24.3 Å². The molecule has 0 spiro atoms. The van der Waals surface area contributed by atoms with E-state index in [1.807, 2.05) is 0 Å². The SMILES string of the molecule is C[SiH](C)C1(c2ccc(O[Si](C)(C)C)cc2)CCCCO1. The minimum atomic E-state index is -1.52. The van der Waals surface area contributed by atoms with Crippen LogP contribution in [0.2, 0.25) is 32.7 Å². The molecule has 0 saturated carbocycles. The topological polar surface area (TPSA) is 18.5 Å². The largest absolute Gasteiger partial charge is 0.544 e. The number of hydrogen-bond acceptors (Lipinski definition) is 2. The molecule has 0 bridgehead atoms. The average Bonchev–Trinajstić information content (AvgIpc) is 2.38. The Bertz CT molecular complexity index is 429. The first-order chi connectivity index (χ1) is 9.33. The fraction of sp³-hybridized carbons (Fsp3) is 0.625. The maximum absolute atomic E-state index is 6.28. The zero-order valence-electron chi connectivity index (χ0n) is 13.5. The third-order valence-electron chi connectivity index (χ3n) is 4.00. The maximum atomic E-state index is 6.28. The molecule has 0 radical (unpaired) electrons. The summed E-state index contributed by atoms with van der Waals surface area (Å²) in [5.74, 6) is 1.00. The van der Waals surface area contributed by atoms with Gasteiger partial charge in [0.15, 0.2) is 0 Å². The van der Waals surface area contributed by atoms with Crippen molar-refractivity contribution in [2.24, 2.45) is 0 Å². The second kappa shape index (κ2) is 6.04. The van der Waals surface area contributed by atoms with Gasteiger partial charge in [0, 0.05) is 6.61 Å². The van der Waals surface area contributed by atoms with Crippen molar-refractivity contribution in [3.05, 3.63) is 29.8 Å². The van der Waals surface area contributed by atoms with Gasteiger partial charge in [-0.15, -0.1) is 0 Å². The number of hydrogen-bond donors (Lipinski definition) is 0. The molecule has 2 nitrogen and oxygen atoms in total. The molecule has 0 amide bonds. The zero-order valence-corrected chi connectivity index (χ0v) is 15.7. The van der Waals surface area contributed by atoms with Crippen LogP contribution in [0.1, 0.15) is 24.8 Å². The summed E-state index contributed by atoms with van der Waals surface area (Å²) in [5.41, 5.74) is 1.36. The molecule has 1 saturated heterocycles. The minimum absolute atomic E-state index is 0.0376. The third kappa shape index (κ3) is 3.54. The summed E-state index contributed by atoms with van der Waals surface area (Å²) in [6, 6.07) is 8.72. The normalized spacial score (nSPS) is 23.9. The average molecular weight is 309 g/mol. The van der Waals surface area contributed by atoms with Gasteiger partial charge in [0.2, 0.25) is 8.32 Å². The number of ether oxygens (including phenoxy) is 1. The molecule has 0 aliphatic carbocycles. The standard InChI is InChI=1S/C16H28O2Si2/c1-19(2)16(12-6-7-13-17-16)14-8-10-15(11-9-14)18-20(3,4)5/h8-11,19H,6-7,12-13H2,1-5H3. The lowest BCUT2D eigenvalue weighted by atomic mass is 10.0. The Hall–Kier alpha value is -0.586. The van der Waals surface area contributed by atoms with Crippen LogP contribution in [-0.2, 0) is 9.96 Å². The van der Waals surface area contributed by atoms with Crippen LogP contribution in [0.4, 0.5) is 0 Å². The second-order valence-corrected chi connectivity index (χ2v) is 14.8. The lowest BCUT2D eigenvalue weighted by Gasteiger charge is -2.41. The molecular formula is C16H28O2Si2. The van der Waals surface area contributed by atoms with E-state index in [4.69, 9.17) is 9.16 Å². The van der Waals surface area contributed by atoms with Crippen LogP contribution >= 0.6 is 0 Å². The molecule has 112 valence electrons. The molecule has 1 heterocycles. The van der Waals surface area contributed by atoms with Crippen LogP contribution < -0.4 is 4.43 Å². The molecule has 4 heteroatoms. The van der Waals surface area contributed by atoms with Crippen molar-refractivity contribution in [3.63, 3.8) is 0 Å². The fourth-order valence-electron chi connectivity index (χ4n) is 2.99. The van der Waals surface area contributed by atoms with Crippen LogP contribution in [0.3, 0.4) is 0 Å². The highest BCUT2D eigenvalue weighted by atomic mass is 28.4. The number of benzene rings is 1. The molecule has 1 atom stereocenters. The van der Waals surface area contributed by atoms with Gasteiger partial charge >= 0.3 is 0 Å². The van der Waals surface area contributed by atoms with Gasteiger partial charge in [-0.3, -0.25) is 0 Å². The van der Waals surface area contributed by atoms with Gasteiger partial charge in [0.25, 0.3) is 0 Å². The summed E-state index contributed by atoms with van der Waals surface area (Å²) in [7, 11) is -2.44. The summed E-state index contributed by atoms with van der Waals surface area (Å²) in [6.45, 7) is 12.4. The van der Waals surface area contributed by atoms with Gasteiger partial charge in [-0.1, -0.05) is 25.2 Å². The molecule has 0 aromatic heterocycles. The highest BCUT2D eigenvalue weighted by molar-refractivity contribution is 6.70. The van der Waals surface area contributed by atoms with E-state index in [1.54, 1.807) is 0 Å². The van der Waals surface area contributed by atoms with E-state index in [2.05, 4.69) is 57.0 Å². The minimum Gasteiger partial charge on any atom is -0.544 e. The van der Waals surface area contributed by atoms with Gasteiger partial charge in [-0.2, -0.15) is 0 Å². The number of rotatable bonds is 4. The van der Waals surface area contributed by atoms with E-state index in [1.165, 1.54) is 24.8 Å². The Labute approximate surface area is 126 Å². The summed E-state index contributed by atoms with van der Waals surface area (Å²) in [4.78, 5) is 0. The molecular weight excluding hydrogens is 280 g/mol. The van der Waals surface area contributed by atoms with Crippen molar-refractivity contribution in [1.82, 2.24) is 0 Å².